The van der Waals surface area contributed by atoms with E-state index in [0.717, 1.165) is 5.56 Å². The van der Waals surface area contributed by atoms with E-state index in [-0.39, 0.29) is 19.4 Å². The molecule has 0 spiro atoms. The van der Waals surface area contributed by atoms with Crippen molar-refractivity contribution >= 4 is 18.2 Å². The van der Waals surface area contributed by atoms with Gasteiger partial charge in [-0.1, -0.05) is 6.07 Å². The van der Waals surface area contributed by atoms with E-state index in [1.165, 1.54) is 0 Å². The van der Waals surface area contributed by atoms with Gasteiger partial charge in [0, 0.05) is 5.56 Å². The molecule has 1 atom stereocenters. The monoisotopic (exact) mass is 385 g/mol. The third-order valence-electron chi connectivity index (χ3n) is 4.01. The van der Waals surface area contributed by atoms with Crippen LogP contribution >= 0.6 is 0 Å². The molecule has 146 valence electrons. The molecule has 1 aliphatic heterocycles. The van der Waals surface area contributed by atoms with Crippen molar-refractivity contribution in [3.05, 3.63) is 53.6 Å². The Bertz CT molecular complexity index is 863. The average Bonchev–Trinajstić information content (AvgIpc) is 3.19. The van der Waals surface area contributed by atoms with E-state index in [1.54, 1.807) is 36.4 Å². The van der Waals surface area contributed by atoms with Gasteiger partial charge in [0.1, 0.15) is 12.0 Å². The van der Waals surface area contributed by atoms with Crippen molar-refractivity contribution in [1.29, 1.82) is 0 Å². The van der Waals surface area contributed by atoms with Crippen LogP contribution in [0.4, 0.5) is 0 Å². The van der Waals surface area contributed by atoms with E-state index in [0.29, 0.717) is 29.1 Å². The van der Waals surface area contributed by atoms with Gasteiger partial charge in [-0.15, -0.1) is 0 Å². The number of fused-ring (bicyclic) bond motifs is 1. The molecule has 1 amide bonds. The zero-order valence-corrected chi connectivity index (χ0v) is 15.2. The molecule has 2 aromatic carbocycles. The molecule has 0 unspecified atom stereocenters. The summed E-state index contributed by atoms with van der Waals surface area (Å²) < 4.78 is 20.7. The Balaban J connectivity index is 1.40. The van der Waals surface area contributed by atoms with Crippen molar-refractivity contribution in [3.8, 4) is 17.2 Å². The van der Waals surface area contributed by atoms with Crippen LogP contribution < -0.4 is 19.5 Å². The molecular weight excluding hydrogens is 366 g/mol. The van der Waals surface area contributed by atoms with E-state index in [2.05, 4.69) is 5.32 Å². The summed E-state index contributed by atoms with van der Waals surface area (Å²) in [5.41, 5.74) is 1.34. The molecule has 0 radical (unpaired) electrons. The highest BCUT2D eigenvalue weighted by Crippen LogP contribution is 2.34. The maximum atomic E-state index is 12.0. The smallest absolute Gasteiger partial charge is 0.344 e. The molecule has 8 nitrogen and oxygen atoms in total. The van der Waals surface area contributed by atoms with Gasteiger partial charge in [-0.25, -0.2) is 4.79 Å². The second-order valence-electron chi connectivity index (χ2n) is 6.04. The molecule has 1 N–H and O–H groups in total. The molecule has 1 heterocycles. The highest BCUT2D eigenvalue weighted by atomic mass is 16.7. The summed E-state index contributed by atoms with van der Waals surface area (Å²) in [7, 11) is 0. The Kier molecular flexibility index (Phi) is 6.11. The maximum Gasteiger partial charge on any atom is 0.344 e. The second kappa shape index (κ2) is 8.90. The number of ether oxygens (including phenoxy) is 4. The summed E-state index contributed by atoms with van der Waals surface area (Å²) in [6.07, 6.45) is 0.710. The van der Waals surface area contributed by atoms with Gasteiger partial charge in [-0.3, -0.25) is 9.59 Å². The van der Waals surface area contributed by atoms with Gasteiger partial charge in [0.15, 0.2) is 24.7 Å². The van der Waals surface area contributed by atoms with E-state index in [4.69, 9.17) is 18.9 Å². The zero-order valence-electron chi connectivity index (χ0n) is 15.2. The number of nitrogens with one attached hydrogen (secondary N) is 1. The van der Waals surface area contributed by atoms with Crippen LogP contribution in [0.2, 0.25) is 0 Å². The van der Waals surface area contributed by atoms with Crippen molar-refractivity contribution in [2.75, 3.05) is 20.0 Å². The summed E-state index contributed by atoms with van der Waals surface area (Å²) in [5.74, 6) is 0.600. The Morgan fingerprint density at radius 3 is 2.61 bits per heavy atom. The van der Waals surface area contributed by atoms with Gasteiger partial charge in [0.2, 0.25) is 6.79 Å². The van der Waals surface area contributed by atoms with Crippen molar-refractivity contribution in [1.82, 2.24) is 5.32 Å². The third kappa shape index (κ3) is 5.00. The van der Waals surface area contributed by atoms with Gasteiger partial charge in [-0.05, 0) is 48.9 Å². The van der Waals surface area contributed by atoms with E-state index < -0.39 is 18.5 Å². The number of rotatable bonds is 8. The quantitative estimate of drug-likeness (QED) is 0.548. The van der Waals surface area contributed by atoms with Crippen molar-refractivity contribution in [3.63, 3.8) is 0 Å². The maximum absolute atomic E-state index is 12.0. The summed E-state index contributed by atoms with van der Waals surface area (Å²) in [6, 6.07) is 11.4. The van der Waals surface area contributed by atoms with E-state index >= 15 is 0 Å². The Morgan fingerprint density at radius 1 is 1.11 bits per heavy atom. The molecule has 0 saturated carbocycles. The second-order valence-corrected chi connectivity index (χ2v) is 6.04. The van der Waals surface area contributed by atoms with Crippen molar-refractivity contribution in [2.45, 2.75) is 13.0 Å². The van der Waals surface area contributed by atoms with Crippen molar-refractivity contribution in [2.24, 2.45) is 0 Å². The Morgan fingerprint density at radius 2 is 1.86 bits per heavy atom. The summed E-state index contributed by atoms with van der Waals surface area (Å²) in [5, 5.41) is 2.74. The lowest BCUT2D eigenvalue weighted by atomic mass is 10.1. The number of carbonyl (C=O) groups excluding carboxylic acids is 3. The molecule has 0 saturated heterocycles. The lowest BCUT2D eigenvalue weighted by Crippen LogP contribution is -2.31. The molecule has 0 bridgehead atoms. The van der Waals surface area contributed by atoms with Gasteiger partial charge in [0.05, 0.1) is 6.04 Å². The lowest BCUT2D eigenvalue weighted by Gasteiger charge is -2.15. The van der Waals surface area contributed by atoms with E-state index in [9.17, 15) is 14.4 Å². The standard InChI is InChI=1S/C20H19NO7/c1-13(15-4-7-17-18(8-15)28-12-27-17)21-19(23)10-26-20(24)11-25-16-5-2-14(9-22)3-6-16/h2-9,13H,10-12H2,1H3,(H,21,23)/t13-/m1/s1. The molecule has 0 aliphatic carbocycles. The van der Waals surface area contributed by atoms with Gasteiger partial charge in [0.25, 0.3) is 5.91 Å². The fourth-order valence-corrected chi connectivity index (χ4v) is 2.52. The highest BCUT2D eigenvalue weighted by Gasteiger charge is 2.17. The summed E-state index contributed by atoms with van der Waals surface area (Å²) in [6.45, 7) is 1.23. The predicted molar refractivity (Wildman–Crippen MR) is 97.4 cm³/mol. The normalized spacial score (nSPS) is 12.8. The van der Waals surface area contributed by atoms with Crippen LogP contribution in [0.3, 0.4) is 0 Å². The van der Waals surface area contributed by atoms with Gasteiger partial charge in [-0.2, -0.15) is 0 Å². The van der Waals surface area contributed by atoms with Crippen LogP contribution in [-0.2, 0) is 14.3 Å². The molecule has 28 heavy (non-hydrogen) atoms. The minimum atomic E-state index is -0.676. The third-order valence-corrected chi connectivity index (χ3v) is 4.01. The number of hydrogen-bond donors (Lipinski definition) is 1. The SMILES string of the molecule is C[C@@H](NC(=O)COC(=O)COc1ccc(C=O)cc1)c1ccc2c(c1)OCO2. The van der Waals surface area contributed by atoms with Crippen molar-refractivity contribution < 1.29 is 33.3 Å². The summed E-state index contributed by atoms with van der Waals surface area (Å²) >= 11 is 0. The predicted octanol–water partition coefficient (Wildman–Crippen LogP) is 2.03. The first-order chi connectivity index (χ1) is 13.5. The Hall–Kier alpha value is -3.55. The minimum Gasteiger partial charge on any atom is -0.482 e. The van der Waals surface area contributed by atoms with Crippen LogP contribution in [0, 0.1) is 0 Å². The van der Waals surface area contributed by atoms with Gasteiger partial charge < -0.3 is 24.3 Å². The number of esters is 1. The number of hydrogen-bond acceptors (Lipinski definition) is 7. The first kappa shape index (κ1) is 19.2. The van der Waals surface area contributed by atoms with Crippen LogP contribution in [0.1, 0.15) is 28.9 Å². The molecular formula is C20H19NO7. The molecule has 8 heteroatoms. The number of aldehydes is 1. The number of benzene rings is 2. The molecule has 3 rings (SSSR count). The molecule has 2 aromatic rings. The molecule has 0 aromatic heterocycles. The minimum absolute atomic E-state index is 0.179. The van der Waals surface area contributed by atoms with Gasteiger partial charge >= 0.3 is 5.97 Å². The Labute approximate surface area is 161 Å². The zero-order chi connectivity index (χ0) is 19.9. The van der Waals surface area contributed by atoms with Crippen LogP contribution in [0.25, 0.3) is 0 Å². The fraction of sp³-hybridized carbons (Fsp3) is 0.250. The molecule has 0 fully saturated rings. The topological polar surface area (TPSA) is 100 Å². The fourth-order valence-electron chi connectivity index (χ4n) is 2.52. The van der Waals surface area contributed by atoms with E-state index in [1.807, 2.05) is 13.0 Å². The first-order valence-corrected chi connectivity index (χ1v) is 8.58. The molecule has 1 aliphatic rings. The van der Waals surface area contributed by atoms with Crippen LogP contribution in [0.5, 0.6) is 17.2 Å². The summed E-state index contributed by atoms with van der Waals surface area (Å²) in [4.78, 5) is 34.3. The number of carbonyl (C=O) groups is 3. The van der Waals surface area contributed by atoms with Crippen LogP contribution in [0.15, 0.2) is 42.5 Å². The van der Waals surface area contributed by atoms with Crippen LogP contribution in [-0.4, -0.2) is 38.2 Å². The first-order valence-electron chi connectivity index (χ1n) is 8.58. The highest BCUT2D eigenvalue weighted by molar-refractivity contribution is 5.81. The number of amides is 1. The largest absolute Gasteiger partial charge is 0.482 e. The lowest BCUT2D eigenvalue weighted by molar-refractivity contribution is -0.150. The average molecular weight is 385 g/mol.